The molecule has 4 amide bonds. The highest BCUT2D eigenvalue weighted by atomic mass is 32.1. The zero-order chi connectivity index (χ0) is 30.0. The van der Waals surface area contributed by atoms with Crippen molar-refractivity contribution >= 4 is 46.0 Å². The molecule has 0 spiro atoms. The van der Waals surface area contributed by atoms with Crippen molar-refractivity contribution in [3.05, 3.63) is 65.0 Å². The minimum Gasteiger partial charge on any atom is -0.444 e. The van der Waals surface area contributed by atoms with E-state index >= 15 is 0 Å². The molecule has 1 saturated carbocycles. The molecule has 2 aliphatic rings. The summed E-state index contributed by atoms with van der Waals surface area (Å²) in [6.07, 6.45) is 0.626. The van der Waals surface area contributed by atoms with Gasteiger partial charge in [-0.2, -0.15) is 0 Å². The molecule has 2 atom stereocenters. The molecule has 1 aromatic heterocycles. The fraction of sp³-hybridized carbons (Fsp3) is 0.367. The molecule has 0 bridgehead atoms. The van der Waals surface area contributed by atoms with E-state index in [2.05, 4.69) is 20.9 Å². The zero-order valence-electron chi connectivity index (χ0n) is 23.5. The summed E-state index contributed by atoms with van der Waals surface area (Å²) < 4.78 is 5.39. The van der Waals surface area contributed by atoms with Crippen molar-refractivity contribution in [2.45, 2.75) is 63.8 Å². The number of amides is 4. The largest absolute Gasteiger partial charge is 0.444 e. The number of hydrogen-bond acceptors (Lipinski definition) is 8. The van der Waals surface area contributed by atoms with Crippen molar-refractivity contribution in [1.29, 1.82) is 0 Å². The Hall–Kier alpha value is -4.29. The number of nitrogens with zero attached hydrogens (tertiary/aromatic N) is 2. The van der Waals surface area contributed by atoms with Crippen molar-refractivity contribution in [2.24, 2.45) is 0 Å². The molecule has 3 aromatic rings. The summed E-state index contributed by atoms with van der Waals surface area (Å²) in [5.41, 5.74) is 2.16. The van der Waals surface area contributed by atoms with Gasteiger partial charge >= 0.3 is 6.09 Å². The Bertz CT molecular complexity index is 1480. The molecule has 12 heteroatoms. The van der Waals surface area contributed by atoms with Crippen LogP contribution in [0.4, 0.5) is 15.6 Å². The predicted molar refractivity (Wildman–Crippen MR) is 158 cm³/mol. The molecular formula is C30H33N5O6S. The second-order valence-corrected chi connectivity index (χ2v) is 12.2. The Morgan fingerprint density at radius 2 is 1.57 bits per heavy atom. The average molecular weight is 592 g/mol. The van der Waals surface area contributed by atoms with Crippen LogP contribution in [0.5, 0.6) is 0 Å². The van der Waals surface area contributed by atoms with Crippen molar-refractivity contribution in [1.82, 2.24) is 15.2 Å². The minimum absolute atomic E-state index is 0.116. The van der Waals surface area contributed by atoms with Crippen LogP contribution in [-0.4, -0.2) is 69.1 Å². The first-order valence-electron chi connectivity index (χ1n) is 13.7. The SMILES string of the molecule is CC(C)(C)OC(=O)N1CC[C@H](O)[C@H]1C(=O)Nc1nc(-c2ccc(C(=O)Nc3ccc(C(=O)NC4CC4)cc3)cc2)cs1. The summed E-state index contributed by atoms with van der Waals surface area (Å²) in [5, 5.41) is 20.9. The molecule has 2 heterocycles. The summed E-state index contributed by atoms with van der Waals surface area (Å²) in [6.45, 7) is 5.42. The number of aromatic nitrogens is 1. The van der Waals surface area contributed by atoms with Crippen LogP contribution in [0.25, 0.3) is 11.3 Å². The lowest BCUT2D eigenvalue weighted by Crippen LogP contribution is -2.49. The van der Waals surface area contributed by atoms with E-state index in [1.807, 2.05) is 0 Å². The summed E-state index contributed by atoms with van der Waals surface area (Å²) in [4.78, 5) is 56.2. The minimum atomic E-state index is -1.08. The van der Waals surface area contributed by atoms with E-state index in [9.17, 15) is 24.3 Å². The number of benzene rings is 2. The molecule has 4 N–H and O–H groups in total. The third-order valence-corrected chi connectivity index (χ3v) is 7.52. The molecule has 5 rings (SSSR count). The highest BCUT2D eigenvalue weighted by molar-refractivity contribution is 7.14. The molecule has 0 unspecified atom stereocenters. The number of thiazole rings is 1. The van der Waals surface area contributed by atoms with Crippen LogP contribution in [-0.2, 0) is 9.53 Å². The van der Waals surface area contributed by atoms with E-state index in [-0.39, 0.29) is 30.8 Å². The van der Waals surface area contributed by atoms with E-state index in [1.165, 1.54) is 16.2 Å². The van der Waals surface area contributed by atoms with Gasteiger partial charge < -0.3 is 25.8 Å². The van der Waals surface area contributed by atoms with Crippen LogP contribution in [0.15, 0.2) is 53.9 Å². The maximum absolute atomic E-state index is 13.0. The number of carbonyl (C=O) groups is 4. The quantitative estimate of drug-likeness (QED) is 0.321. The first-order chi connectivity index (χ1) is 20.0. The predicted octanol–water partition coefficient (Wildman–Crippen LogP) is 4.26. The fourth-order valence-electron chi connectivity index (χ4n) is 4.46. The number of rotatable bonds is 7. The van der Waals surface area contributed by atoms with E-state index in [0.29, 0.717) is 27.6 Å². The van der Waals surface area contributed by atoms with Gasteiger partial charge in [0, 0.05) is 40.3 Å². The van der Waals surface area contributed by atoms with Gasteiger partial charge in [0.05, 0.1) is 11.8 Å². The third kappa shape index (κ3) is 7.12. The summed E-state index contributed by atoms with van der Waals surface area (Å²) in [6, 6.07) is 12.8. The second-order valence-electron chi connectivity index (χ2n) is 11.4. The lowest BCUT2D eigenvalue weighted by atomic mass is 10.1. The summed E-state index contributed by atoms with van der Waals surface area (Å²) in [7, 11) is 0. The van der Waals surface area contributed by atoms with Gasteiger partial charge in [0.1, 0.15) is 11.6 Å². The topological polar surface area (TPSA) is 150 Å². The molecule has 11 nitrogen and oxygen atoms in total. The standard InChI is InChI=1S/C30H33N5O6S/c1-30(2,3)41-29(40)35-15-14-23(36)24(35)27(39)34-28-33-22(16-42-28)17-4-6-18(7-5-17)25(37)31-20-10-8-19(9-11-20)26(38)32-21-12-13-21/h4-11,16,21,23-24,36H,12-15H2,1-3H3,(H,31,37)(H,32,38)(H,33,34,39)/t23-,24-/m0/s1. The van der Waals surface area contributed by atoms with E-state index in [1.54, 1.807) is 74.7 Å². The monoisotopic (exact) mass is 591 g/mol. The zero-order valence-corrected chi connectivity index (χ0v) is 24.4. The maximum atomic E-state index is 13.0. The number of ether oxygens (including phenoxy) is 1. The molecule has 1 aliphatic heterocycles. The summed E-state index contributed by atoms with van der Waals surface area (Å²) in [5.74, 6) is -0.961. The van der Waals surface area contributed by atoms with Gasteiger partial charge in [-0.15, -0.1) is 11.3 Å². The number of aliphatic hydroxyl groups excluding tert-OH is 1. The van der Waals surface area contributed by atoms with Crippen molar-refractivity contribution in [2.75, 3.05) is 17.2 Å². The van der Waals surface area contributed by atoms with Gasteiger partial charge in [0.15, 0.2) is 5.13 Å². The number of aliphatic hydroxyl groups is 1. The molecule has 2 aromatic carbocycles. The smallest absolute Gasteiger partial charge is 0.411 e. The Kier molecular flexibility index (Phi) is 8.28. The van der Waals surface area contributed by atoms with Gasteiger partial charge in [0.25, 0.3) is 17.7 Å². The Morgan fingerprint density at radius 1 is 0.929 bits per heavy atom. The molecule has 1 saturated heterocycles. The number of likely N-dealkylation sites (tertiary alicyclic amines) is 1. The fourth-order valence-corrected chi connectivity index (χ4v) is 5.18. The maximum Gasteiger partial charge on any atom is 0.411 e. The third-order valence-electron chi connectivity index (χ3n) is 6.76. The van der Waals surface area contributed by atoms with Gasteiger partial charge in [-0.1, -0.05) is 12.1 Å². The number of carbonyl (C=O) groups excluding carboxylic acids is 4. The number of hydrogen-bond donors (Lipinski definition) is 4. The molecule has 220 valence electrons. The van der Waals surface area contributed by atoms with E-state index in [4.69, 9.17) is 4.74 Å². The molecule has 1 aliphatic carbocycles. The van der Waals surface area contributed by atoms with Crippen LogP contribution in [0, 0.1) is 0 Å². The number of anilines is 2. The van der Waals surface area contributed by atoms with Gasteiger partial charge in [0.2, 0.25) is 0 Å². The van der Waals surface area contributed by atoms with Crippen LogP contribution in [0.3, 0.4) is 0 Å². The van der Waals surface area contributed by atoms with Gasteiger partial charge in [-0.3, -0.25) is 19.3 Å². The second kappa shape index (κ2) is 11.9. The molecular weight excluding hydrogens is 558 g/mol. The summed E-state index contributed by atoms with van der Waals surface area (Å²) >= 11 is 1.21. The van der Waals surface area contributed by atoms with Crippen molar-refractivity contribution < 1.29 is 29.0 Å². The highest BCUT2D eigenvalue weighted by Crippen LogP contribution is 2.28. The Labute approximate surface area is 247 Å². The lowest BCUT2D eigenvalue weighted by Gasteiger charge is -2.28. The van der Waals surface area contributed by atoms with Crippen molar-refractivity contribution in [3.63, 3.8) is 0 Å². The van der Waals surface area contributed by atoms with E-state index in [0.717, 1.165) is 18.4 Å². The average Bonchev–Trinajstić information content (AvgIpc) is 3.48. The first-order valence-corrected chi connectivity index (χ1v) is 14.6. The number of nitrogens with one attached hydrogen (secondary N) is 3. The van der Waals surface area contributed by atoms with Gasteiger partial charge in [-0.05, 0) is 76.4 Å². The van der Waals surface area contributed by atoms with Crippen LogP contribution in [0.1, 0.15) is 60.7 Å². The van der Waals surface area contributed by atoms with Crippen LogP contribution >= 0.6 is 11.3 Å². The van der Waals surface area contributed by atoms with Crippen molar-refractivity contribution in [3.8, 4) is 11.3 Å². The lowest BCUT2D eigenvalue weighted by molar-refractivity contribution is -0.122. The Morgan fingerprint density at radius 3 is 2.21 bits per heavy atom. The van der Waals surface area contributed by atoms with E-state index < -0.39 is 29.7 Å². The normalized spacial score (nSPS) is 18.3. The van der Waals surface area contributed by atoms with Gasteiger partial charge in [-0.25, -0.2) is 9.78 Å². The molecule has 0 radical (unpaired) electrons. The first kappa shape index (κ1) is 29.2. The highest BCUT2D eigenvalue weighted by Gasteiger charge is 2.43. The Balaban J connectivity index is 1.18. The molecule has 42 heavy (non-hydrogen) atoms. The molecule has 2 fully saturated rings. The van der Waals surface area contributed by atoms with Crippen LogP contribution < -0.4 is 16.0 Å². The van der Waals surface area contributed by atoms with Crippen LogP contribution in [0.2, 0.25) is 0 Å².